The number of aromatic amines is 1. The van der Waals surface area contributed by atoms with Crippen LogP contribution in [0.15, 0.2) is 51.0 Å². The third-order valence-electron chi connectivity index (χ3n) is 6.25. The number of aromatic nitrogens is 1. The normalized spacial score (nSPS) is 19.5. The average molecular weight is 519 g/mol. The zero-order chi connectivity index (χ0) is 23.9. The van der Waals surface area contributed by atoms with Crippen molar-refractivity contribution in [1.82, 2.24) is 9.88 Å². The summed E-state index contributed by atoms with van der Waals surface area (Å²) in [4.78, 5) is 22.5. The van der Waals surface area contributed by atoms with E-state index in [1.54, 1.807) is 42.4 Å². The molecule has 2 aromatic heterocycles. The Balaban J connectivity index is 1.31. The van der Waals surface area contributed by atoms with Gasteiger partial charge >= 0.3 is 0 Å². The van der Waals surface area contributed by atoms with Crippen LogP contribution in [0.25, 0.3) is 10.9 Å². The Kier molecular flexibility index (Phi) is 6.45. The number of thioether (sulfide) groups is 1. The molecule has 1 aromatic carbocycles. The fraction of sp³-hybridized carbons (Fsp3) is 0.391. The summed E-state index contributed by atoms with van der Waals surface area (Å²) < 4.78 is 27.7. The van der Waals surface area contributed by atoms with Gasteiger partial charge in [-0.15, -0.1) is 11.3 Å². The summed E-state index contributed by atoms with van der Waals surface area (Å²) >= 11 is 2.77. The lowest BCUT2D eigenvalue weighted by molar-refractivity contribution is -0.133. The highest BCUT2D eigenvalue weighted by Crippen LogP contribution is 2.34. The Morgan fingerprint density at radius 3 is 2.79 bits per heavy atom. The van der Waals surface area contributed by atoms with Gasteiger partial charge in [-0.3, -0.25) is 14.1 Å². The van der Waals surface area contributed by atoms with Gasteiger partial charge in [0.25, 0.3) is 10.0 Å². The van der Waals surface area contributed by atoms with Gasteiger partial charge in [0.15, 0.2) is 0 Å². The molecule has 3 aromatic rings. The van der Waals surface area contributed by atoms with Crippen molar-refractivity contribution in [2.45, 2.75) is 34.8 Å². The zero-order valence-corrected chi connectivity index (χ0v) is 21.1. The lowest BCUT2D eigenvalue weighted by Gasteiger charge is -2.30. The number of sulfonamides is 1. The van der Waals surface area contributed by atoms with Crippen LogP contribution in [-0.2, 0) is 14.8 Å². The number of benzene rings is 1. The fourth-order valence-corrected chi connectivity index (χ4v) is 7.75. The maximum atomic E-state index is 13.0. The number of H-pyrrole nitrogens is 1. The van der Waals surface area contributed by atoms with Gasteiger partial charge in [-0.2, -0.15) is 0 Å². The molecule has 2 aliphatic heterocycles. The van der Waals surface area contributed by atoms with E-state index in [1.165, 1.54) is 15.6 Å². The number of likely N-dealkylation sites (tertiary alicyclic amines) is 1. The standard InChI is InChI=1S/C23H26N4O4S3/c1-26(34(30,31)21-6-3-11-32-21)19-5-2-4-15-12-18(25-22(15)19)23-24-14-17(33-23)13-20(29)27-9-7-16(28)8-10-27/h2-6,11-12,16-17,25,28H,7-10,13-14H2,1H3. The van der Waals surface area contributed by atoms with E-state index in [2.05, 4.69) is 9.98 Å². The fourth-order valence-electron chi connectivity index (χ4n) is 4.30. The zero-order valence-electron chi connectivity index (χ0n) is 18.7. The van der Waals surface area contributed by atoms with E-state index in [1.807, 2.05) is 23.1 Å². The molecule has 2 aliphatic rings. The molecule has 8 nitrogen and oxygen atoms in total. The van der Waals surface area contributed by atoms with Crippen molar-refractivity contribution >= 4 is 60.7 Å². The number of fused-ring (bicyclic) bond motifs is 1. The van der Waals surface area contributed by atoms with Gasteiger partial charge in [0.1, 0.15) is 9.25 Å². The molecule has 1 amide bonds. The van der Waals surface area contributed by atoms with Crippen LogP contribution in [-0.4, -0.2) is 72.4 Å². The first-order valence-electron chi connectivity index (χ1n) is 11.1. The van der Waals surface area contributed by atoms with E-state index >= 15 is 0 Å². The second kappa shape index (κ2) is 9.37. The number of anilines is 1. The topological polar surface area (TPSA) is 106 Å². The highest BCUT2D eigenvalue weighted by atomic mass is 32.2. The quantitative estimate of drug-likeness (QED) is 0.521. The summed E-state index contributed by atoms with van der Waals surface area (Å²) in [6.45, 7) is 1.78. The lowest BCUT2D eigenvalue weighted by Crippen LogP contribution is -2.41. The van der Waals surface area contributed by atoms with Crippen molar-refractivity contribution in [3.8, 4) is 0 Å². The first-order valence-corrected chi connectivity index (χ1v) is 14.3. The number of aliphatic hydroxyl groups is 1. The molecule has 5 rings (SSSR count). The number of hydrogen-bond acceptors (Lipinski definition) is 7. The van der Waals surface area contributed by atoms with Gasteiger partial charge in [0.05, 0.1) is 29.5 Å². The summed E-state index contributed by atoms with van der Waals surface area (Å²) in [5.74, 6) is 0.111. The predicted molar refractivity (Wildman–Crippen MR) is 137 cm³/mol. The van der Waals surface area contributed by atoms with E-state index in [0.29, 0.717) is 48.8 Å². The first kappa shape index (κ1) is 23.4. The average Bonchev–Trinajstić information content (AvgIpc) is 3.59. The predicted octanol–water partition coefficient (Wildman–Crippen LogP) is 3.29. The number of nitrogens with one attached hydrogen (secondary N) is 1. The van der Waals surface area contributed by atoms with Crippen LogP contribution in [0, 0.1) is 0 Å². The largest absolute Gasteiger partial charge is 0.393 e. The van der Waals surface area contributed by atoms with Crippen LogP contribution < -0.4 is 4.31 Å². The molecule has 4 heterocycles. The Morgan fingerprint density at radius 2 is 2.06 bits per heavy atom. The molecule has 1 unspecified atom stereocenters. The number of carbonyl (C=O) groups is 1. The molecule has 0 bridgehead atoms. The van der Waals surface area contributed by atoms with Gasteiger partial charge in [-0.05, 0) is 36.4 Å². The molecule has 1 fully saturated rings. The highest BCUT2D eigenvalue weighted by Gasteiger charge is 2.29. The minimum absolute atomic E-state index is 0.0714. The second-order valence-electron chi connectivity index (χ2n) is 8.53. The van der Waals surface area contributed by atoms with Crippen LogP contribution in [0.4, 0.5) is 5.69 Å². The molecule has 11 heteroatoms. The molecule has 34 heavy (non-hydrogen) atoms. The molecule has 0 radical (unpaired) electrons. The molecule has 180 valence electrons. The number of carbonyl (C=O) groups excluding carboxylic acids is 1. The molecule has 1 saturated heterocycles. The van der Waals surface area contributed by atoms with Crippen molar-refractivity contribution in [3.05, 3.63) is 47.5 Å². The maximum absolute atomic E-state index is 13.0. The van der Waals surface area contributed by atoms with E-state index < -0.39 is 10.0 Å². The van der Waals surface area contributed by atoms with E-state index in [0.717, 1.165) is 21.6 Å². The summed E-state index contributed by atoms with van der Waals surface area (Å²) in [6, 6.07) is 10.9. The third kappa shape index (κ3) is 4.49. The minimum Gasteiger partial charge on any atom is -0.393 e. The molecule has 0 aliphatic carbocycles. The number of nitrogens with zero attached hydrogens (tertiary/aromatic N) is 3. The van der Waals surface area contributed by atoms with Crippen molar-refractivity contribution in [2.24, 2.45) is 4.99 Å². The number of piperidine rings is 1. The summed E-state index contributed by atoms with van der Waals surface area (Å²) in [5, 5.41) is 13.2. The van der Waals surface area contributed by atoms with Gasteiger partial charge in [-0.25, -0.2) is 8.42 Å². The van der Waals surface area contributed by atoms with Gasteiger partial charge < -0.3 is 15.0 Å². The molecular weight excluding hydrogens is 492 g/mol. The summed E-state index contributed by atoms with van der Waals surface area (Å²) in [7, 11) is -2.08. The van der Waals surface area contributed by atoms with Gasteiger partial charge in [0, 0.05) is 37.2 Å². The summed E-state index contributed by atoms with van der Waals surface area (Å²) in [6.07, 6.45) is 1.39. The molecule has 0 saturated carbocycles. The molecule has 2 N–H and O–H groups in total. The van der Waals surface area contributed by atoms with Crippen LogP contribution in [0.3, 0.4) is 0 Å². The molecule has 1 atom stereocenters. The van der Waals surface area contributed by atoms with E-state index in [-0.39, 0.29) is 17.3 Å². The van der Waals surface area contributed by atoms with Crippen LogP contribution in [0.2, 0.25) is 0 Å². The van der Waals surface area contributed by atoms with Gasteiger partial charge in [0.2, 0.25) is 5.91 Å². The van der Waals surface area contributed by atoms with Gasteiger partial charge in [-0.1, -0.05) is 30.0 Å². The van der Waals surface area contributed by atoms with Crippen molar-refractivity contribution in [2.75, 3.05) is 31.0 Å². The van der Waals surface area contributed by atoms with Crippen molar-refractivity contribution in [3.63, 3.8) is 0 Å². The number of para-hydroxylation sites is 1. The Morgan fingerprint density at radius 1 is 1.26 bits per heavy atom. The van der Waals surface area contributed by atoms with Crippen molar-refractivity contribution in [1.29, 1.82) is 0 Å². The molecule has 0 spiro atoms. The lowest BCUT2D eigenvalue weighted by atomic mass is 10.1. The number of aliphatic hydroxyl groups excluding tert-OH is 1. The van der Waals surface area contributed by atoms with Crippen LogP contribution in [0.1, 0.15) is 25.0 Å². The number of amides is 1. The number of aliphatic imine (C=N–C) groups is 1. The van der Waals surface area contributed by atoms with E-state index in [4.69, 9.17) is 0 Å². The second-order valence-corrected chi connectivity index (χ2v) is 13.0. The smallest absolute Gasteiger partial charge is 0.273 e. The highest BCUT2D eigenvalue weighted by molar-refractivity contribution is 8.15. The number of thiophene rings is 1. The Labute approximate surface area is 206 Å². The van der Waals surface area contributed by atoms with E-state index in [9.17, 15) is 18.3 Å². The van der Waals surface area contributed by atoms with Crippen LogP contribution in [0.5, 0.6) is 0 Å². The Bertz CT molecular complexity index is 1330. The minimum atomic E-state index is -3.65. The number of hydrogen-bond donors (Lipinski definition) is 2. The Hall–Kier alpha value is -2.34. The monoisotopic (exact) mass is 518 g/mol. The van der Waals surface area contributed by atoms with Crippen molar-refractivity contribution < 1.29 is 18.3 Å². The summed E-state index contributed by atoms with van der Waals surface area (Å²) in [5.41, 5.74) is 2.13. The SMILES string of the molecule is CN(c1cccc2cc(C3=NCC(CC(=O)N4CCC(O)CC4)S3)[nH]c12)S(=O)(=O)c1cccs1. The van der Waals surface area contributed by atoms with Crippen LogP contribution >= 0.6 is 23.1 Å². The molecular formula is C23H26N4O4S3. The maximum Gasteiger partial charge on any atom is 0.273 e. The third-order valence-corrected chi connectivity index (χ3v) is 10.6. The first-order chi connectivity index (χ1) is 16.3. The number of rotatable bonds is 6.